The van der Waals surface area contributed by atoms with Crippen LogP contribution < -0.4 is 5.32 Å². The van der Waals surface area contributed by atoms with Crippen LogP contribution in [-0.2, 0) is 0 Å². The molecule has 9 heavy (non-hydrogen) atoms. The molecule has 0 saturated carbocycles. The first-order valence-electron chi connectivity index (χ1n) is 3.05. The Bertz CT molecular complexity index is 114. The maximum absolute atomic E-state index is 12.6. The van der Waals surface area contributed by atoms with Gasteiger partial charge in [-0.25, -0.2) is 4.39 Å². The van der Waals surface area contributed by atoms with Gasteiger partial charge in [0.2, 0.25) is 0 Å². The zero-order chi connectivity index (χ0) is 7.44. The second kappa shape index (κ2) is 3.62. The van der Waals surface area contributed by atoms with Crippen molar-refractivity contribution in [3.63, 3.8) is 0 Å². The van der Waals surface area contributed by atoms with E-state index in [-0.39, 0.29) is 0 Å². The van der Waals surface area contributed by atoms with Crippen molar-refractivity contribution >= 4 is 0 Å². The summed E-state index contributed by atoms with van der Waals surface area (Å²) in [5, 5.41) is 2.52. The molecule has 2 heteroatoms. The van der Waals surface area contributed by atoms with Gasteiger partial charge in [0.15, 0.2) is 6.30 Å². The van der Waals surface area contributed by atoms with Gasteiger partial charge in [0.1, 0.15) is 0 Å². The Balaban J connectivity index is 4.02. The fraction of sp³-hybridized carbons (Fsp3) is 0.714. The van der Waals surface area contributed by atoms with E-state index in [0.29, 0.717) is 0 Å². The second-order valence-corrected chi connectivity index (χ2v) is 2.33. The van der Waals surface area contributed by atoms with E-state index in [4.69, 9.17) is 0 Å². The molecule has 0 aliphatic heterocycles. The molecule has 1 nitrogen and oxygen atoms in total. The van der Waals surface area contributed by atoms with Gasteiger partial charge in [-0.1, -0.05) is 5.57 Å². The van der Waals surface area contributed by atoms with Gasteiger partial charge in [0.25, 0.3) is 0 Å². The van der Waals surface area contributed by atoms with Crippen molar-refractivity contribution in [2.24, 2.45) is 0 Å². The third-order valence-corrected chi connectivity index (χ3v) is 1.42. The summed E-state index contributed by atoms with van der Waals surface area (Å²) < 4.78 is 12.6. The van der Waals surface area contributed by atoms with Crippen LogP contribution in [0.5, 0.6) is 0 Å². The standard InChI is InChI=1S/C7H14FN/c1-5(2)6(3)7(8)9-4/h7,9H,1-4H3. The third-order valence-electron chi connectivity index (χ3n) is 1.42. The highest BCUT2D eigenvalue weighted by Gasteiger charge is 2.04. The van der Waals surface area contributed by atoms with Crippen LogP contribution >= 0.6 is 0 Å². The molecule has 0 aromatic heterocycles. The summed E-state index contributed by atoms with van der Waals surface area (Å²) in [6.45, 7) is 5.59. The maximum atomic E-state index is 12.6. The lowest BCUT2D eigenvalue weighted by molar-refractivity contribution is 0.336. The van der Waals surface area contributed by atoms with Crippen molar-refractivity contribution in [3.05, 3.63) is 11.1 Å². The molecule has 1 N–H and O–H groups in total. The average molecular weight is 131 g/mol. The predicted molar refractivity (Wildman–Crippen MR) is 38.0 cm³/mol. The molecule has 0 heterocycles. The number of rotatable bonds is 2. The molecule has 0 bridgehead atoms. The first-order chi connectivity index (χ1) is 4.09. The van der Waals surface area contributed by atoms with E-state index in [1.807, 2.05) is 13.8 Å². The summed E-state index contributed by atoms with van der Waals surface area (Å²) in [5.74, 6) is 0. The Kier molecular flexibility index (Phi) is 3.47. The van der Waals surface area contributed by atoms with E-state index in [1.54, 1.807) is 14.0 Å². The maximum Gasteiger partial charge on any atom is 0.172 e. The molecule has 0 spiro atoms. The lowest BCUT2D eigenvalue weighted by Crippen LogP contribution is -2.21. The van der Waals surface area contributed by atoms with Gasteiger partial charge in [-0.3, -0.25) is 5.32 Å². The Labute approximate surface area is 56.0 Å². The molecule has 0 aromatic carbocycles. The number of allylic oxidation sites excluding steroid dienone is 1. The van der Waals surface area contributed by atoms with E-state index in [9.17, 15) is 4.39 Å². The van der Waals surface area contributed by atoms with Crippen LogP contribution in [0.25, 0.3) is 0 Å². The number of likely N-dealkylation sites (N-methyl/N-ethyl adjacent to an activating group) is 1. The Morgan fingerprint density at radius 2 is 1.78 bits per heavy atom. The zero-order valence-electron chi connectivity index (χ0n) is 6.46. The molecule has 0 aliphatic carbocycles. The minimum Gasteiger partial charge on any atom is -0.287 e. The lowest BCUT2D eigenvalue weighted by Gasteiger charge is -2.07. The van der Waals surface area contributed by atoms with Crippen molar-refractivity contribution in [3.8, 4) is 0 Å². The fourth-order valence-corrected chi connectivity index (χ4v) is 0.470. The Hall–Kier alpha value is -0.370. The Morgan fingerprint density at radius 1 is 1.33 bits per heavy atom. The quantitative estimate of drug-likeness (QED) is 0.445. The van der Waals surface area contributed by atoms with Gasteiger partial charge in [-0.05, 0) is 33.4 Å². The average Bonchev–Trinajstić information content (AvgIpc) is 1.84. The van der Waals surface area contributed by atoms with Crippen LogP contribution in [0.3, 0.4) is 0 Å². The van der Waals surface area contributed by atoms with Crippen LogP contribution in [0, 0.1) is 0 Å². The first-order valence-corrected chi connectivity index (χ1v) is 3.05. The van der Waals surface area contributed by atoms with Crippen molar-refractivity contribution in [1.29, 1.82) is 0 Å². The van der Waals surface area contributed by atoms with Gasteiger partial charge >= 0.3 is 0 Å². The normalized spacial score (nSPS) is 13.0. The van der Waals surface area contributed by atoms with Crippen LogP contribution in [0.15, 0.2) is 11.1 Å². The molecule has 0 saturated heterocycles. The first kappa shape index (κ1) is 8.63. The molecule has 1 atom stereocenters. The Morgan fingerprint density at radius 3 is 1.89 bits per heavy atom. The summed E-state index contributed by atoms with van der Waals surface area (Å²) in [4.78, 5) is 0. The minimum atomic E-state index is -0.977. The smallest absolute Gasteiger partial charge is 0.172 e. The molecule has 0 amide bonds. The largest absolute Gasteiger partial charge is 0.287 e. The van der Waals surface area contributed by atoms with Crippen molar-refractivity contribution in [2.45, 2.75) is 27.1 Å². The van der Waals surface area contributed by atoms with E-state index >= 15 is 0 Å². The summed E-state index contributed by atoms with van der Waals surface area (Å²) in [6.07, 6.45) is -0.977. The number of nitrogens with one attached hydrogen (secondary N) is 1. The van der Waals surface area contributed by atoms with E-state index < -0.39 is 6.30 Å². The van der Waals surface area contributed by atoms with E-state index in [0.717, 1.165) is 11.1 Å². The monoisotopic (exact) mass is 131 g/mol. The second-order valence-electron chi connectivity index (χ2n) is 2.33. The molecular formula is C7H14FN. The molecule has 0 rings (SSSR count). The molecule has 0 radical (unpaired) electrons. The minimum absolute atomic E-state index is 0.775. The van der Waals surface area contributed by atoms with Gasteiger partial charge < -0.3 is 0 Å². The topological polar surface area (TPSA) is 12.0 Å². The molecule has 54 valence electrons. The number of hydrogen-bond acceptors (Lipinski definition) is 1. The van der Waals surface area contributed by atoms with Crippen LogP contribution in [0.1, 0.15) is 20.8 Å². The van der Waals surface area contributed by atoms with Crippen LogP contribution in [-0.4, -0.2) is 13.3 Å². The number of hydrogen-bond donors (Lipinski definition) is 1. The summed E-state index contributed by atoms with van der Waals surface area (Å²) in [7, 11) is 1.61. The highest BCUT2D eigenvalue weighted by molar-refractivity contribution is 5.10. The number of alkyl halides is 1. The SMILES string of the molecule is CNC(F)C(C)=C(C)C. The molecule has 0 fully saturated rings. The van der Waals surface area contributed by atoms with Crippen molar-refractivity contribution < 1.29 is 4.39 Å². The van der Waals surface area contributed by atoms with Crippen LogP contribution in [0.4, 0.5) is 4.39 Å². The summed E-state index contributed by atoms with van der Waals surface area (Å²) in [5.41, 5.74) is 1.81. The van der Waals surface area contributed by atoms with E-state index in [1.165, 1.54) is 0 Å². The van der Waals surface area contributed by atoms with Gasteiger partial charge in [0.05, 0.1) is 0 Å². The van der Waals surface area contributed by atoms with Gasteiger partial charge in [-0.2, -0.15) is 0 Å². The lowest BCUT2D eigenvalue weighted by atomic mass is 10.1. The molecular weight excluding hydrogens is 117 g/mol. The number of halogens is 1. The molecule has 1 unspecified atom stereocenters. The van der Waals surface area contributed by atoms with Gasteiger partial charge in [0, 0.05) is 0 Å². The van der Waals surface area contributed by atoms with Gasteiger partial charge in [-0.15, -0.1) is 0 Å². The summed E-state index contributed by atoms with van der Waals surface area (Å²) in [6, 6.07) is 0. The molecule has 0 aliphatic rings. The predicted octanol–water partition coefficient (Wildman–Crippen LogP) is 1.86. The van der Waals surface area contributed by atoms with E-state index in [2.05, 4.69) is 5.32 Å². The fourth-order valence-electron chi connectivity index (χ4n) is 0.470. The highest BCUT2D eigenvalue weighted by atomic mass is 19.1. The van der Waals surface area contributed by atoms with Crippen LogP contribution in [0.2, 0.25) is 0 Å². The zero-order valence-corrected chi connectivity index (χ0v) is 6.46. The summed E-state index contributed by atoms with van der Waals surface area (Å²) >= 11 is 0. The third kappa shape index (κ3) is 2.61. The molecule has 0 aromatic rings. The van der Waals surface area contributed by atoms with Crippen molar-refractivity contribution in [2.75, 3.05) is 7.05 Å². The highest BCUT2D eigenvalue weighted by Crippen LogP contribution is 2.07. The van der Waals surface area contributed by atoms with Crippen molar-refractivity contribution in [1.82, 2.24) is 5.32 Å².